The van der Waals surface area contributed by atoms with Crippen LogP contribution >= 0.6 is 0 Å². The van der Waals surface area contributed by atoms with Gasteiger partial charge in [-0.25, -0.2) is 0 Å². The maximum Gasteiger partial charge on any atom is 0.161 e. The first-order chi connectivity index (χ1) is 13.7. The van der Waals surface area contributed by atoms with Gasteiger partial charge in [-0.2, -0.15) is 0 Å². The number of piperidine rings is 1. The number of nitrogens with zero attached hydrogens (tertiary/aromatic N) is 3. The van der Waals surface area contributed by atoms with Crippen molar-refractivity contribution in [1.29, 1.82) is 0 Å². The predicted octanol–water partition coefficient (Wildman–Crippen LogP) is 3.43. The summed E-state index contributed by atoms with van der Waals surface area (Å²) in [5.74, 6) is 1.67. The molecule has 1 aromatic heterocycles. The third kappa shape index (κ3) is 4.15. The Hall–Kier alpha value is -2.11. The first-order valence-corrected chi connectivity index (χ1v) is 10.3. The molecule has 0 spiro atoms. The van der Waals surface area contributed by atoms with Gasteiger partial charge in [0.1, 0.15) is 0 Å². The van der Waals surface area contributed by atoms with Gasteiger partial charge in [-0.1, -0.05) is 6.07 Å². The second-order valence-electron chi connectivity index (χ2n) is 8.00. The highest BCUT2D eigenvalue weighted by atomic mass is 16.5. The van der Waals surface area contributed by atoms with Gasteiger partial charge >= 0.3 is 0 Å². The normalized spacial score (nSPS) is 20.6. The van der Waals surface area contributed by atoms with Gasteiger partial charge in [0, 0.05) is 37.9 Å². The highest BCUT2D eigenvalue weighted by molar-refractivity contribution is 5.48. The van der Waals surface area contributed by atoms with Crippen LogP contribution in [0.2, 0.25) is 0 Å². The smallest absolute Gasteiger partial charge is 0.161 e. The van der Waals surface area contributed by atoms with Crippen LogP contribution in [0.1, 0.15) is 35.4 Å². The second kappa shape index (κ2) is 8.50. The monoisotopic (exact) mass is 381 g/mol. The molecule has 0 unspecified atom stereocenters. The maximum absolute atomic E-state index is 5.52. The number of hydrogen-bond donors (Lipinski definition) is 0. The Labute approximate surface area is 168 Å². The molecule has 4 rings (SSSR count). The molecule has 28 heavy (non-hydrogen) atoms. The number of ether oxygens (including phenoxy) is 2. The van der Waals surface area contributed by atoms with E-state index in [-0.39, 0.29) is 0 Å². The standard InChI is InChI=1S/C23H31N3O2/c1-17-6-4-7-20(24-17)15-25-10-5-8-21(16-25)26-11-9-18-12-22(27-2)23(28-3)13-19(18)14-26/h4,6-7,12-13,21H,5,8-11,14-16H2,1-3H3/t21-/m1/s1. The lowest BCUT2D eigenvalue weighted by molar-refractivity contribution is 0.0830. The van der Waals surface area contributed by atoms with Crippen molar-refractivity contribution in [3.63, 3.8) is 0 Å². The van der Waals surface area contributed by atoms with Crippen molar-refractivity contribution >= 4 is 0 Å². The molecule has 0 saturated carbocycles. The Kier molecular flexibility index (Phi) is 5.83. The fraction of sp³-hybridized carbons (Fsp3) is 0.522. The molecule has 2 aliphatic rings. The van der Waals surface area contributed by atoms with Crippen LogP contribution in [0.15, 0.2) is 30.3 Å². The molecule has 3 heterocycles. The van der Waals surface area contributed by atoms with E-state index in [1.807, 2.05) is 0 Å². The van der Waals surface area contributed by atoms with Gasteiger partial charge in [-0.05, 0) is 68.1 Å². The Morgan fingerprint density at radius 1 is 1.07 bits per heavy atom. The van der Waals surface area contributed by atoms with E-state index < -0.39 is 0 Å². The van der Waals surface area contributed by atoms with Crippen LogP contribution in [0, 0.1) is 6.92 Å². The van der Waals surface area contributed by atoms with Gasteiger partial charge in [0.2, 0.25) is 0 Å². The summed E-state index contributed by atoms with van der Waals surface area (Å²) in [6, 6.07) is 11.3. The van der Waals surface area contributed by atoms with E-state index in [1.54, 1.807) is 14.2 Å². The lowest BCUT2D eigenvalue weighted by Gasteiger charge is -2.41. The third-order valence-corrected chi connectivity index (χ3v) is 6.08. The van der Waals surface area contributed by atoms with Crippen LogP contribution in [0.3, 0.4) is 0 Å². The molecule has 1 aromatic carbocycles. The molecular formula is C23H31N3O2. The quantitative estimate of drug-likeness (QED) is 0.793. The van der Waals surface area contributed by atoms with E-state index in [0.29, 0.717) is 6.04 Å². The van der Waals surface area contributed by atoms with E-state index in [1.165, 1.54) is 36.2 Å². The van der Waals surface area contributed by atoms with Crippen LogP contribution in [0.4, 0.5) is 0 Å². The zero-order valence-corrected chi connectivity index (χ0v) is 17.3. The first kappa shape index (κ1) is 19.2. The van der Waals surface area contributed by atoms with Crippen molar-refractivity contribution in [2.45, 2.75) is 45.3 Å². The zero-order chi connectivity index (χ0) is 19.5. The average molecular weight is 382 g/mol. The number of aryl methyl sites for hydroxylation is 1. The number of benzene rings is 1. The second-order valence-corrected chi connectivity index (χ2v) is 8.00. The summed E-state index contributed by atoms with van der Waals surface area (Å²) in [7, 11) is 3.42. The molecule has 5 heteroatoms. The van der Waals surface area contributed by atoms with Crippen LogP contribution in [-0.4, -0.2) is 54.7 Å². The van der Waals surface area contributed by atoms with Crippen molar-refractivity contribution < 1.29 is 9.47 Å². The highest BCUT2D eigenvalue weighted by Crippen LogP contribution is 2.34. The third-order valence-electron chi connectivity index (χ3n) is 6.08. The number of hydrogen-bond acceptors (Lipinski definition) is 5. The molecule has 1 saturated heterocycles. The van der Waals surface area contributed by atoms with E-state index in [4.69, 9.17) is 9.47 Å². The van der Waals surface area contributed by atoms with Gasteiger partial charge in [0.15, 0.2) is 11.5 Å². The summed E-state index contributed by atoms with van der Waals surface area (Å²) in [6.07, 6.45) is 3.61. The van der Waals surface area contributed by atoms with Crippen LogP contribution in [0.5, 0.6) is 11.5 Å². The Morgan fingerprint density at radius 2 is 1.86 bits per heavy atom. The van der Waals surface area contributed by atoms with Crippen LogP contribution in [0.25, 0.3) is 0 Å². The lowest BCUT2D eigenvalue weighted by Crippen LogP contribution is -2.49. The van der Waals surface area contributed by atoms with E-state index in [0.717, 1.165) is 49.8 Å². The number of fused-ring (bicyclic) bond motifs is 1. The van der Waals surface area contributed by atoms with Crippen molar-refractivity contribution in [2.75, 3.05) is 33.9 Å². The number of likely N-dealkylation sites (tertiary alicyclic amines) is 1. The minimum atomic E-state index is 0.611. The minimum absolute atomic E-state index is 0.611. The lowest BCUT2D eigenvalue weighted by atomic mass is 9.95. The van der Waals surface area contributed by atoms with Gasteiger partial charge in [-0.15, -0.1) is 0 Å². The zero-order valence-electron chi connectivity index (χ0n) is 17.3. The number of pyridine rings is 1. The van der Waals surface area contributed by atoms with E-state index in [2.05, 4.69) is 52.0 Å². The van der Waals surface area contributed by atoms with Crippen molar-refractivity contribution in [2.24, 2.45) is 0 Å². The number of methoxy groups -OCH3 is 2. The van der Waals surface area contributed by atoms with Gasteiger partial charge in [0.05, 0.1) is 19.9 Å². The molecule has 0 aliphatic carbocycles. The molecule has 5 nitrogen and oxygen atoms in total. The summed E-state index contributed by atoms with van der Waals surface area (Å²) in [4.78, 5) is 9.92. The Balaban J connectivity index is 1.43. The molecule has 0 radical (unpaired) electrons. The van der Waals surface area contributed by atoms with Crippen LogP contribution < -0.4 is 9.47 Å². The highest BCUT2D eigenvalue weighted by Gasteiger charge is 2.29. The van der Waals surface area contributed by atoms with Gasteiger partial charge in [0.25, 0.3) is 0 Å². The maximum atomic E-state index is 5.52. The molecule has 0 amide bonds. The van der Waals surface area contributed by atoms with Crippen LogP contribution in [-0.2, 0) is 19.5 Å². The topological polar surface area (TPSA) is 37.8 Å². The molecule has 1 atom stereocenters. The Bertz CT molecular complexity index is 823. The van der Waals surface area contributed by atoms with E-state index >= 15 is 0 Å². The van der Waals surface area contributed by atoms with Crippen molar-refractivity contribution in [3.05, 3.63) is 52.8 Å². The summed E-state index contributed by atoms with van der Waals surface area (Å²) in [5.41, 5.74) is 5.05. The Morgan fingerprint density at radius 3 is 2.61 bits per heavy atom. The fourth-order valence-electron chi connectivity index (χ4n) is 4.61. The summed E-state index contributed by atoms with van der Waals surface area (Å²) in [6.45, 7) is 7.42. The molecule has 2 aliphatic heterocycles. The summed E-state index contributed by atoms with van der Waals surface area (Å²) < 4.78 is 11.0. The van der Waals surface area contributed by atoms with Gasteiger partial charge in [-0.3, -0.25) is 14.8 Å². The predicted molar refractivity (Wildman–Crippen MR) is 111 cm³/mol. The summed E-state index contributed by atoms with van der Waals surface area (Å²) in [5, 5.41) is 0. The largest absolute Gasteiger partial charge is 0.493 e. The molecule has 0 bridgehead atoms. The molecule has 2 aromatic rings. The molecule has 0 N–H and O–H groups in total. The first-order valence-electron chi connectivity index (χ1n) is 10.3. The molecule has 150 valence electrons. The van der Waals surface area contributed by atoms with E-state index in [9.17, 15) is 0 Å². The number of aromatic nitrogens is 1. The average Bonchev–Trinajstić information content (AvgIpc) is 2.72. The SMILES string of the molecule is COc1cc2c(cc1OC)CN([C@@H]1CCCN(Cc3cccc(C)n3)C1)CC2. The number of rotatable bonds is 5. The fourth-order valence-corrected chi connectivity index (χ4v) is 4.61. The summed E-state index contributed by atoms with van der Waals surface area (Å²) >= 11 is 0. The van der Waals surface area contributed by atoms with Gasteiger partial charge < -0.3 is 9.47 Å². The van der Waals surface area contributed by atoms with Crippen molar-refractivity contribution in [3.8, 4) is 11.5 Å². The minimum Gasteiger partial charge on any atom is -0.493 e. The molecular weight excluding hydrogens is 350 g/mol. The molecule has 1 fully saturated rings. The van der Waals surface area contributed by atoms with Crippen molar-refractivity contribution in [1.82, 2.24) is 14.8 Å².